The number of aliphatic imine (C=N–C) groups is 1. The Morgan fingerprint density at radius 2 is 2.60 bits per heavy atom. The highest BCUT2D eigenvalue weighted by Crippen LogP contribution is 1.98. The molecule has 0 aliphatic carbocycles. The zero-order valence-corrected chi connectivity index (χ0v) is 8.32. The molecule has 0 radical (unpaired) electrons. The van der Waals surface area contributed by atoms with E-state index in [0.29, 0.717) is 12.4 Å². The number of amidine groups is 1. The van der Waals surface area contributed by atoms with Crippen molar-refractivity contribution in [1.29, 1.82) is 0 Å². The molecule has 2 N–H and O–H groups in total. The maximum Gasteiger partial charge on any atom is 0.286 e. The van der Waals surface area contributed by atoms with Crippen LogP contribution in [0.5, 0.6) is 0 Å². The Kier molecular flexibility index (Phi) is 3.02. The molecule has 80 valence electrons. The highest BCUT2D eigenvalue weighted by atomic mass is 16.3. The van der Waals surface area contributed by atoms with Gasteiger partial charge in [0.05, 0.1) is 12.8 Å². The van der Waals surface area contributed by atoms with E-state index in [2.05, 4.69) is 15.6 Å². The SMILES string of the molecule is O=C(NCc1ccco1)C1=NCCCN1. The molecular weight excluding hydrogens is 194 g/mol. The lowest BCUT2D eigenvalue weighted by Crippen LogP contribution is -2.42. The van der Waals surface area contributed by atoms with Crippen LogP contribution in [-0.2, 0) is 11.3 Å². The molecule has 0 fully saturated rings. The average molecular weight is 207 g/mol. The van der Waals surface area contributed by atoms with Crippen LogP contribution in [-0.4, -0.2) is 24.8 Å². The van der Waals surface area contributed by atoms with Crippen LogP contribution < -0.4 is 10.6 Å². The maximum absolute atomic E-state index is 11.5. The molecule has 0 atom stereocenters. The van der Waals surface area contributed by atoms with Crippen LogP contribution in [0, 0.1) is 0 Å². The molecule has 5 nitrogen and oxygen atoms in total. The van der Waals surface area contributed by atoms with Gasteiger partial charge in [-0.1, -0.05) is 0 Å². The molecule has 1 aromatic heterocycles. The molecule has 1 aliphatic heterocycles. The van der Waals surface area contributed by atoms with E-state index in [1.807, 2.05) is 6.07 Å². The van der Waals surface area contributed by atoms with Crippen LogP contribution in [0.2, 0.25) is 0 Å². The Hall–Kier alpha value is -1.78. The van der Waals surface area contributed by atoms with Gasteiger partial charge in [0, 0.05) is 13.1 Å². The smallest absolute Gasteiger partial charge is 0.286 e. The van der Waals surface area contributed by atoms with Crippen molar-refractivity contribution < 1.29 is 9.21 Å². The van der Waals surface area contributed by atoms with Gasteiger partial charge in [0.2, 0.25) is 0 Å². The third-order valence-corrected chi connectivity index (χ3v) is 2.12. The molecule has 15 heavy (non-hydrogen) atoms. The van der Waals surface area contributed by atoms with Gasteiger partial charge in [0.15, 0.2) is 5.84 Å². The molecule has 0 unspecified atom stereocenters. The van der Waals surface area contributed by atoms with Gasteiger partial charge in [-0.15, -0.1) is 0 Å². The molecule has 0 aromatic carbocycles. The molecule has 1 aliphatic rings. The van der Waals surface area contributed by atoms with E-state index in [9.17, 15) is 4.79 Å². The van der Waals surface area contributed by atoms with Gasteiger partial charge in [-0.2, -0.15) is 0 Å². The quantitative estimate of drug-likeness (QED) is 0.748. The molecule has 0 bridgehead atoms. The van der Waals surface area contributed by atoms with Crippen molar-refractivity contribution >= 4 is 11.7 Å². The summed E-state index contributed by atoms with van der Waals surface area (Å²) in [6.07, 6.45) is 2.56. The minimum atomic E-state index is -0.175. The standard InChI is InChI=1S/C10H13N3O2/c14-10(9-11-4-2-5-12-9)13-7-8-3-1-6-15-8/h1,3,6H,2,4-5,7H2,(H,11,12)(H,13,14). The number of nitrogens with one attached hydrogen (secondary N) is 2. The fourth-order valence-corrected chi connectivity index (χ4v) is 1.35. The second-order valence-corrected chi connectivity index (χ2v) is 3.27. The van der Waals surface area contributed by atoms with Crippen LogP contribution in [0.25, 0.3) is 0 Å². The van der Waals surface area contributed by atoms with Crippen molar-refractivity contribution in [3.63, 3.8) is 0 Å². The van der Waals surface area contributed by atoms with E-state index in [1.54, 1.807) is 12.3 Å². The number of hydrogen-bond acceptors (Lipinski definition) is 4. The Morgan fingerprint density at radius 1 is 1.67 bits per heavy atom. The third-order valence-electron chi connectivity index (χ3n) is 2.12. The summed E-state index contributed by atoms with van der Waals surface area (Å²) >= 11 is 0. The summed E-state index contributed by atoms with van der Waals surface area (Å²) in [5, 5.41) is 5.69. The van der Waals surface area contributed by atoms with E-state index >= 15 is 0 Å². The van der Waals surface area contributed by atoms with Gasteiger partial charge in [0.1, 0.15) is 5.76 Å². The predicted octanol–water partition coefficient (Wildman–Crippen LogP) is 0.288. The van der Waals surface area contributed by atoms with Crippen LogP contribution in [0.4, 0.5) is 0 Å². The number of hydrogen-bond donors (Lipinski definition) is 2. The summed E-state index contributed by atoms with van der Waals surface area (Å²) in [7, 11) is 0. The van der Waals surface area contributed by atoms with Gasteiger partial charge in [-0.3, -0.25) is 9.79 Å². The van der Waals surface area contributed by atoms with E-state index in [0.717, 1.165) is 25.3 Å². The summed E-state index contributed by atoms with van der Waals surface area (Å²) in [4.78, 5) is 15.6. The number of carbonyl (C=O) groups excluding carboxylic acids is 1. The summed E-state index contributed by atoms with van der Waals surface area (Å²) in [6.45, 7) is 1.93. The first-order valence-electron chi connectivity index (χ1n) is 4.95. The van der Waals surface area contributed by atoms with Crippen molar-refractivity contribution in [2.75, 3.05) is 13.1 Å². The molecule has 0 spiro atoms. The highest BCUT2D eigenvalue weighted by molar-refractivity contribution is 6.37. The largest absolute Gasteiger partial charge is 0.467 e. The topological polar surface area (TPSA) is 66.6 Å². The number of furan rings is 1. The zero-order valence-electron chi connectivity index (χ0n) is 8.32. The summed E-state index contributed by atoms with van der Waals surface area (Å²) in [5.74, 6) is 0.985. The monoisotopic (exact) mass is 207 g/mol. The Labute approximate surface area is 87.6 Å². The molecule has 1 amide bonds. The lowest BCUT2D eigenvalue weighted by Gasteiger charge is -2.13. The highest BCUT2D eigenvalue weighted by Gasteiger charge is 2.13. The normalized spacial score (nSPS) is 15.3. The Morgan fingerprint density at radius 3 is 3.27 bits per heavy atom. The van der Waals surface area contributed by atoms with E-state index in [-0.39, 0.29) is 5.91 Å². The molecule has 0 saturated carbocycles. The van der Waals surface area contributed by atoms with Gasteiger partial charge < -0.3 is 15.1 Å². The average Bonchev–Trinajstić information content (AvgIpc) is 2.80. The fraction of sp³-hybridized carbons (Fsp3) is 0.400. The second-order valence-electron chi connectivity index (χ2n) is 3.27. The molecule has 5 heteroatoms. The maximum atomic E-state index is 11.5. The van der Waals surface area contributed by atoms with Crippen LogP contribution in [0.15, 0.2) is 27.8 Å². The molecule has 2 rings (SSSR count). The van der Waals surface area contributed by atoms with Crippen LogP contribution >= 0.6 is 0 Å². The Bertz CT molecular complexity index is 357. The lowest BCUT2D eigenvalue weighted by atomic mass is 10.3. The predicted molar refractivity (Wildman–Crippen MR) is 55.5 cm³/mol. The number of carbonyl (C=O) groups is 1. The van der Waals surface area contributed by atoms with Gasteiger partial charge in [-0.25, -0.2) is 0 Å². The molecule has 0 saturated heterocycles. The summed E-state index contributed by atoms with van der Waals surface area (Å²) in [5.41, 5.74) is 0. The van der Waals surface area contributed by atoms with Gasteiger partial charge >= 0.3 is 0 Å². The molecule has 1 aromatic rings. The summed E-state index contributed by atoms with van der Waals surface area (Å²) in [6, 6.07) is 3.61. The third kappa shape index (κ3) is 2.59. The van der Waals surface area contributed by atoms with Crippen molar-refractivity contribution in [1.82, 2.24) is 10.6 Å². The molecular formula is C10H13N3O2. The van der Waals surface area contributed by atoms with Crippen molar-refractivity contribution in [3.8, 4) is 0 Å². The first-order chi connectivity index (χ1) is 7.36. The Balaban J connectivity index is 1.84. The van der Waals surface area contributed by atoms with E-state index < -0.39 is 0 Å². The second kappa shape index (κ2) is 4.63. The summed E-state index contributed by atoms with van der Waals surface area (Å²) < 4.78 is 5.10. The van der Waals surface area contributed by atoms with Crippen molar-refractivity contribution in [2.24, 2.45) is 4.99 Å². The van der Waals surface area contributed by atoms with Gasteiger partial charge in [-0.05, 0) is 18.6 Å². The minimum absolute atomic E-state index is 0.175. The van der Waals surface area contributed by atoms with E-state index in [1.165, 1.54) is 0 Å². The van der Waals surface area contributed by atoms with Gasteiger partial charge in [0.25, 0.3) is 5.91 Å². The molecule has 2 heterocycles. The minimum Gasteiger partial charge on any atom is -0.467 e. The van der Waals surface area contributed by atoms with Crippen LogP contribution in [0.3, 0.4) is 0 Å². The first-order valence-corrected chi connectivity index (χ1v) is 4.95. The first kappa shape index (κ1) is 9.76. The number of amides is 1. The van der Waals surface area contributed by atoms with Crippen molar-refractivity contribution in [3.05, 3.63) is 24.2 Å². The number of rotatable bonds is 3. The van der Waals surface area contributed by atoms with E-state index in [4.69, 9.17) is 4.42 Å². The zero-order chi connectivity index (χ0) is 10.5. The van der Waals surface area contributed by atoms with Crippen LogP contribution in [0.1, 0.15) is 12.2 Å². The lowest BCUT2D eigenvalue weighted by molar-refractivity contribution is -0.115. The number of nitrogens with zero attached hydrogens (tertiary/aromatic N) is 1. The van der Waals surface area contributed by atoms with Crippen molar-refractivity contribution in [2.45, 2.75) is 13.0 Å². The fourth-order valence-electron chi connectivity index (χ4n) is 1.35.